The molecule has 7 nitrogen and oxygen atoms in total. The summed E-state index contributed by atoms with van der Waals surface area (Å²) in [6.45, 7) is 3.81. The maximum atomic E-state index is 12.2. The van der Waals surface area contributed by atoms with Gasteiger partial charge in [-0.1, -0.05) is 0 Å². The Morgan fingerprint density at radius 2 is 2.00 bits per heavy atom. The number of amides is 2. The fourth-order valence-electron chi connectivity index (χ4n) is 2.77. The number of anilines is 1. The molecule has 0 aromatic carbocycles. The molecule has 104 valence electrons. The summed E-state index contributed by atoms with van der Waals surface area (Å²) in [5.41, 5.74) is 8.33. The number of carbonyl (C=O) groups excluding carboxylic acids is 2. The molecule has 1 atom stereocenters. The first kappa shape index (κ1) is 12.6. The van der Waals surface area contributed by atoms with Gasteiger partial charge in [-0.15, -0.1) is 0 Å². The molecule has 0 radical (unpaired) electrons. The van der Waals surface area contributed by atoms with Crippen LogP contribution < -0.4 is 5.73 Å². The van der Waals surface area contributed by atoms with E-state index in [0.29, 0.717) is 11.5 Å². The van der Waals surface area contributed by atoms with Crippen molar-refractivity contribution in [2.75, 3.05) is 12.8 Å². The van der Waals surface area contributed by atoms with Crippen molar-refractivity contribution in [2.24, 2.45) is 0 Å². The monoisotopic (exact) mass is 273 g/mol. The molecule has 0 spiro atoms. The summed E-state index contributed by atoms with van der Waals surface area (Å²) in [6.07, 6.45) is 1.53. The Hall–Kier alpha value is -2.44. The molecule has 2 N–H and O–H groups in total. The molecule has 1 unspecified atom stereocenters. The number of nitrogen functional groups attached to an aromatic ring is 1. The summed E-state index contributed by atoms with van der Waals surface area (Å²) in [5.74, 6) is -0.00686. The van der Waals surface area contributed by atoms with Crippen molar-refractivity contribution in [1.29, 1.82) is 0 Å². The van der Waals surface area contributed by atoms with Crippen LogP contribution in [0.4, 0.5) is 5.82 Å². The van der Waals surface area contributed by atoms with Crippen molar-refractivity contribution in [1.82, 2.24) is 19.4 Å². The van der Waals surface area contributed by atoms with Gasteiger partial charge in [0.15, 0.2) is 0 Å². The van der Waals surface area contributed by atoms with Gasteiger partial charge in [-0.3, -0.25) is 14.5 Å². The van der Waals surface area contributed by atoms with Crippen molar-refractivity contribution in [2.45, 2.75) is 26.3 Å². The minimum Gasteiger partial charge on any atom is -0.383 e. The predicted molar refractivity (Wildman–Crippen MR) is 72.8 cm³/mol. The molecule has 1 fully saturated rings. The number of aryl methyl sites for hydroxylation is 1. The Kier molecular flexibility index (Phi) is 2.53. The van der Waals surface area contributed by atoms with E-state index in [2.05, 4.69) is 9.97 Å². The van der Waals surface area contributed by atoms with Gasteiger partial charge in [0.05, 0.1) is 11.8 Å². The molecule has 1 aliphatic rings. The molecule has 1 aliphatic heterocycles. The fourth-order valence-corrected chi connectivity index (χ4v) is 2.77. The van der Waals surface area contributed by atoms with Crippen LogP contribution in [0.15, 0.2) is 6.33 Å². The Labute approximate surface area is 115 Å². The van der Waals surface area contributed by atoms with E-state index in [9.17, 15) is 9.59 Å². The standard InChI is InChI=1S/C13H15N5O2/c1-6-7(2)18(8-4-9(19)17(3)13(8)20)12-10(6)11(14)15-5-16-12/h5,8H,4H2,1-3H3,(H2,14,15,16). The lowest BCUT2D eigenvalue weighted by Crippen LogP contribution is -2.27. The highest BCUT2D eigenvalue weighted by Gasteiger charge is 2.39. The molecular weight excluding hydrogens is 258 g/mol. The third kappa shape index (κ3) is 1.46. The lowest BCUT2D eigenvalue weighted by atomic mass is 10.2. The Morgan fingerprint density at radius 3 is 2.60 bits per heavy atom. The van der Waals surface area contributed by atoms with Crippen LogP contribution in [-0.4, -0.2) is 38.3 Å². The van der Waals surface area contributed by atoms with Gasteiger partial charge in [-0.25, -0.2) is 9.97 Å². The highest BCUT2D eigenvalue weighted by molar-refractivity contribution is 6.05. The van der Waals surface area contributed by atoms with E-state index in [1.807, 2.05) is 13.8 Å². The van der Waals surface area contributed by atoms with Gasteiger partial charge in [0.25, 0.3) is 5.91 Å². The Balaban J connectivity index is 2.28. The number of imide groups is 1. The van der Waals surface area contributed by atoms with Crippen LogP contribution in [0.2, 0.25) is 0 Å². The van der Waals surface area contributed by atoms with Gasteiger partial charge in [0.2, 0.25) is 5.91 Å². The van der Waals surface area contributed by atoms with Gasteiger partial charge in [0.1, 0.15) is 23.8 Å². The largest absolute Gasteiger partial charge is 0.383 e. The Morgan fingerprint density at radius 1 is 1.30 bits per heavy atom. The van der Waals surface area contributed by atoms with Crippen LogP contribution in [0.1, 0.15) is 23.7 Å². The third-order valence-corrected chi connectivity index (χ3v) is 4.03. The molecule has 7 heteroatoms. The van der Waals surface area contributed by atoms with Crippen LogP contribution in [-0.2, 0) is 9.59 Å². The highest BCUT2D eigenvalue weighted by atomic mass is 16.2. The first-order chi connectivity index (χ1) is 9.43. The summed E-state index contributed by atoms with van der Waals surface area (Å²) in [7, 11) is 1.50. The quantitative estimate of drug-likeness (QED) is 0.766. The maximum absolute atomic E-state index is 12.2. The first-order valence-electron chi connectivity index (χ1n) is 6.31. The number of likely N-dealkylation sites (tertiary alicyclic amines) is 1. The van der Waals surface area contributed by atoms with Crippen molar-refractivity contribution in [3.8, 4) is 0 Å². The van der Waals surface area contributed by atoms with Gasteiger partial charge in [-0.05, 0) is 19.4 Å². The minimum absolute atomic E-state index is 0.156. The molecule has 0 aliphatic carbocycles. The van der Waals surface area contributed by atoms with Crippen molar-refractivity contribution in [3.63, 3.8) is 0 Å². The lowest BCUT2D eigenvalue weighted by molar-refractivity contribution is -0.137. The van der Waals surface area contributed by atoms with Crippen LogP contribution in [0, 0.1) is 13.8 Å². The maximum Gasteiger partial charge on any atom is 0.252 e. The van der Waals surface area contributed by atoms with E-state index < -0.39 is 6.04 Å². The Bertz CT molecular complexity index is 749. The van der Waals surface area contributed by atoms with Crippen molar-refractivity contribution < 1.29 is 9.59 Å². The number of rotatable bonds is 1. The molecule has 3 rings (SSSR count). The number of carbonyl (C=O) groups is 2. The summed E-state index contributed by atoms with van der Waals surface area (Å²) in [6, 6.07) is -0.544. The summed E-state index contributed by atoms with van der Waals surface area (Å²) in [5, 5.41) is 0.750. The lowest BCUT2D eigenvalue weighted by Gasteiger charge is -2.14. The van der Waals surface area contributed by atoms with Crippen LogP contribution in [0.25, 0.3) is 11.0 Å². The number of likely N-dealkylation sites (N-methyl/N-ethyl adjacent to an activating group) is 1. The zero-order valence-corrected chi connectivity index (χ0v) is 11.5. The van der Waals surface area contributed by atoms with E-state index in [1.165, 1.54) is 13.4 Å². The molecule has 1 saturated heterocycles. The van der Waals surface area contributed by atoms with Gasteiger partial charge < -0.3 is 10.3 Å². The number of fused-ring (bicyclic) bond motifs is 1. The molecule has 2 aromatic rings. The number of hydrogen-bond donors (Lipinski definition) is 1. The fraction of sp³-hybridized carbons (Fsp3) is 0.385. The molecule has 20 heavy (non-hydrogen) atoms. The highest BCUT2D eigenvalue weighted by Crippen LogP contribution is 2.33. The smallest absolute Gasteiger partial charge is 0.252 e. The number of nitrogens with zero attached hydrogens (tertiary/aromatic N) is 4. The topological polar surface area (TPSA) is 94.1 Å². The average molecular weight is 273 g/mol. The third-order valence-electron chi connectivity index (χ3n) is 4.03. The number of hydrogen-bond acceptors (Lipinski definition) is 5. The van der Waals surface area contributed by atoms with E-state index >= 15 is 0 Å². The van der Waals surface area contributed by atoms with Crippen molar-refractivity contribution >= 4 is 28.7 Å². The number of aromatic nitrogens is 3. The minimum atomic E-state index is -0.544. The zero-order valence-electron chi connectivity index (χ0n) is 11.5. The molecule has 2 aromatic heterocycles. The first-order valence-corrected chi connectivity index (χ1v) is 6.31. The van der Waals surface area contributed by atoms with Crippen LogP contribution in [0.3, 0.4) is 0 Å². The normalized spacial score (nSPS) is 19.4. The van der Waals surface area contributed by atoms with Crippen LogP contribution in [0.5, 0.6) is 0 Å². The van der Waals surface area contributed by atoms with Crippen molar-refractivity contribution in [3.05, 3.63) is 17.6 Å². The van der Waals surface area contributed by atoms with E-state index in [0.717, 1.165) is 21.5 Å². The van der Waals surface area contributed by atoms with Gasteiger partial charge in [-0.2, -0.15) is 0 Å². The van der Waals surface area contributed by atoms with Gasteiger partial charge >= 0.3 is 0 Å². The van der Waals surface area contributed by atoms with Gasteiger partial charge in [0, 0.05) is 12.7 Å². The summed E-state index contributed by atoms with van der Waals surface area (Å²) in [4.78, 5) is 33.3. The predicted octanol–water partition coefficient (Wildman–Crippen LogP) is 0.560. The second-order valence-electron chi connectivity index (χ2n) is 5.05. The molecule has 2 amide bonds. The average Bonchev–Trinajstić information content (AvgIpc) is 2.81. The van der Waals surface area contributed by atoms with E-state index in [4.69, 9.17) is 5.73 Å². The summed E-state index contributed by atoms with van der Waals surface area (Å²) < 4.78 is 1.80. The zero-order chi connectivity index (χ0) is 14.6. The SMILES string of the molecule is Cc1c(C)n(C2CC(=O)N(C)C2=O)c2ncnc(N)c12. The van der Waals surface area contributed by atoms with Crippen LogP contribution >= 0.6 is 0 Å². The van der Waals surface area contributed by atoms with E-state index in [-0.39, 0.29) is 18.2 Å². The second kappa shape index (κ2) is 4.03. The molecular formula is C13H15N5O2. The molecule has 3 heterocycles. The number of nitrogens with two attached hydrogens (primary N) is 1. The second-order valence-corrected chi connectivity index (χ2v) is 5.05. The molecule has 0 saturated carbocycles. The summed E-state index contributed by atoms with van der Waals surface area (Å²) >= 11 is 0. The van der Waals surface area contributed by atoms with E-state index in [1.54, 1.807) is 4.57 Å². The molecule has 0 bridgehead atoms.